The molecule has 1 aromatic rings. The average molecular weight is 326 g/mol. The van der Waals surface area contributed by atoms with Crippen LogP contribution in [0.25, 0.3) is 0 Å². The van der Waals surface area contributed by atoms with E-state index in [1.54, 1.807) is 0 Å². The van der Waals surface area contributed by atoms with Crippen LogP contribution in [-0.2, 0) is 0 Å². The summed E-state index contributed by atoms with van der Waals surface area (Å²) in [5.41, 5.74) is 8.27. The van der Waals surface area contributed by atoms with Gasteiger partial charge in [-0.3, -0.25) is 4.90 Å². The Morgan fingerprint density at radius 1 is 1.16 bits per heavy atom. The molecule has 106 valence electrons. The fourth-order valence-corrected chi connectivity index (χ4v) is 3.14. The van der Waals surface area contributed by atoms with Gasteiger partial charge in [-0.2, -0.15) is 0 Å². The van der Waals surface area contributed by atoms with Crippen LogP contribution in [-0.4, -0.2) is 44.2 Å². The number of nitrogens with two attached hydrogens (primary N) is 1. The van der Waals surface area contributed by atoms with Crippen molar-refractivity contribution in [3.8, 4) is 0 Å². The first kappa shape index (κ1) is 14.8. The third-order valence-electron chi connectivity index (χ3n) is 3.80. The van der Waals surface area contributed by atoms with Gasteiger partial charge in [-0.25, -0.2) is 0 Å². The Labute approximate surface area is 124 Å². The number of benzene rings is 1. The van der Waals surface area contributed by atoms with Gasteiger partial charge < -0.3 is 10.6 Å². The zero-order chi connectivity index (χ0) is 13.7. The number of hydrogen-bond donors (Lipinski definition) is 1. The lowest BCUT2D eigenvalue weighted by Gasteiger charge is -2.36. The van der Waals surface area contributed by atoms with E-state index >= 15 is 0 Å². The van der Waals surface area contributed by atoms with E-state index in [1.165, 1.54) is 37.3 Å². The van der Waals surface area contributed by atoms with Gasteiger partial charge in [0, 0.05) is 36.3 Å². The predicted octanol–water partition coefficient (Wildman–Crippen LogP) is 2.62. The third kappa shape index (κ3) is 4.20. The Kier molecular flexibility index (Phi) is 5.67. The van der Waals surface area contributed by atoms with Crippen molar-refractivity contribution >= 4 is 21.6 Å². The lowest BCUT2D eigenvalue weighted by Crippen LogP contribution is -2.46. The molecule has 0 saturated carbocycles. The van der Waals surface area contributed by atoms with Crippen molar-refractivity contribution in [2.45, 2.75) is 19.8 Å². The van der Waals surface area contributed by atoms with Crippen LogP contribution in [0.2, 0.25) is 0 Å². The van der Waals surface area contributed by atoms with Gasteiger partial charge in [0.15, 0.2) is 0 Å². The topological polar surface area (TPSA) is 32.5 Å². The maximum atomic E-state index is 5.54. The summed E-state index contributed by atoms with van der Waals surface area (Å²) in [5, 5.41) is 0. The lowest BCUT2D eigenvalue weighted by molar-refractivity contribution is 0.253. The molecule has 1 aliphatic heterocycles. The Morgan fingerprint density at radius 2 is 1.89 bits per heavy atom. The number of rotatable bonds is 5. The summed E-state index contributed by atoms with van der Waals surface area (Å²) in [6.45, 7) is 8.80. The maximum absolute atomic E-state index is 5.54. The van der Waals surface area contributed by atoms with E-state index in [1.807, 2.05) is 0 Å². The van der Waals surface area contributed by atoms with Crippen molar-refractivity contribution in [3.63, 3.8) is 0 Å². The molecule has 4 heteroatoms. The van der Waals surface area contributed by atoms with Crippen molar-refractivity contribution in [1.82, 2.24) is 4.90 Å². The molecule has 0 spiro atoms. The van der Waals surface area contributed by atoms with E-state index in [9.17, 15) is 0 Å². The van der Waals surface area contributed by atoms with Crippen LogP contribution in [0.4, 0.5) is 5.69 Å². The molecule has 19 heavy (non-hydrogen) atoms. The molecule has 1 heterocycles. The molecule has 1 aromatic carbocycles. The van der Waals surface area contributed by atoms with Crippen LogP contribution in [0, 0.1) is 6.92 Å². The molecule has 2 N–H and O–H groups in total. The average Bonchev–Trinajstić information content (AvgIpc) is 2.40. The number of hydrogen-bond acceptors (Lipinski definition) is 3. The number of aryl methyl sites for hydroxylation is 1. The summed E-state index contributed by atoms with van der Waals surface area (Å²) in [5.74, 6) is 0. The highest BCUT2D eigenvalue weighted by Gasteiger charge is 2.17. The Hall–Kier alpha value is -0.580. The van der Waals surface area contributed by atoms with E-state index in [4.69, 9.17) is 5.73 Å². The predicted molar refractivity (Wildman–Crippen MR) is 85.8 cm³/mol. The van der Waals surface area contributed by atoms with Gasteiger partial charge in [0.05, 0.1) is 0 Å². The maximum Gasteiger partial charge on any atom is 0.0397 e. The van der Waals surface area contributed by atoms with Gasteiger partial charge in [0.25, 0.3) is 0 Å². The minimum Gasteiger partial charge on any atom is -0.369 e. The van der Waals surface area contributed by atoms with E-state index in [0.717, 1.165) is 30.5 Å². The number of nitrogens with zero attached hydrogens (tertiary/aromatic N) is 2. The first-order valence-corrected chi connectivity index (χ1v) is 7.93. The highest BCUT2D eigenvalue weighted by molar-refractivity contribution is 9.10. The summed E-state index contributed by atoms with van der Waals surface area (Å²) in [4.78, 5) is 5.06. The summed E-state index contributed by atoms with van der Waals surface area (Å²) in [6, 6.07) is 6.56. The summed E-state index contributed by atoms with van der Waals surface area (Å²) < 4.78 is 1.16. The first-order valence-electron chi connectivity index (χ1n) is 7.14. The van der Waals surface area contributed by atoms with Gasteiger partial charge in [0.2, 0.25) is 0 Å². The molecule has 0 radical (unpaired) electrons. The van der Waals surface area contributed by atoms with Crippen LogP contribution in [0.5, 0.6) is 0 Å². The molecule has 1 saturated heterocycles. The first-order chi connectivity index (χ1) is 9.20. The largest absolute Gasteiger partial charge is 0.369 e. The van der Waals surface area contributed by atoms with Crippen molar-refractivity contribution in [2.24, 2.45) is 5.73 Å². The molecular weight excluding hydrogens is 302 g/mol. The standard InChI is InChI=1S/C15H24BrN3/c1-13-12-14(16)4-5-15(13)19-10-8-18(9-11-19)7-3-2-6-17/h4-5,12H,2-3,6-11,17H2,1H3. The minimum atomic E-state index is 0.818. The molecule has 0 atom stereocenters. The second-order valence-electron chi connectivity index (χ2n) is 5.26. The molecule has 0 amide bonds. The number of piperazine rings is 1. The smallest absolute Gasteiger partial charge is 0.0397 e. The Morgan fingerprint density at radius 3 is 2.53 bits per heavy atom. The highest BCUT2D eigenvalue weighted by atomic mass is 79.9. The zero-order valence-corrected chi connectivity index (χ0v) is 13.3. The molecule has 0 bridgehead atoms. The zero-order valence-electron chi connectivity index (χ0n) is 11.7. The van der Waals surface area contributed by atoms with Crippen LogP contribution in [0.3, 0.4) is 0 Å². The van der Waals surface area contributed by atoms with Crippen LogP contribution in [0.1, 0.15) is 18.4 Å². The molecule has 1 fully saturated rings. The van der Waals surface area contributed by atoms with E-state index in [-0.39, 0.29) is 0 Å². The normalized spacial score (nSPS) is 16.9. The minimum absolute atomic E-state index is 0.818. The molecule has 0 aliphatic carbocycles. The quantitative estimate of drug-likeness (QED) is 0.845. The fourth-order valence-electron chi connectivity index (χ4n) is 2.67. The van der Waals surface area contributed by atoms with Crippen LogP contribution in [0.15, 0.2) is 22.7 Å². The highest BCUT2D eigenvalue weighted by Crippen LogP contribution is 2.24. The van der Waals surface area contributed by atoms with Crippen molar-refractivity contribution in [2.75, 3.05) is 44.2 Å². The van der Waals surface area contributed by atoms with Gasteiger partial charge in [-0.05, 0) is 56.6 Å². The molecule has 0 unspecified atom stereocenters. The van der Waals surface area contributed by atoms with Crippen LogP contribution < -0.4 is 10.6 Å². The summed E-state index contributed by atoms with van der Waals surface area (Å²) in [7, 11) is 0. The van der Waals surface area contributed by atoms with Gasteiger partial charge in [-0.1, -0.05) is 15.9 Å². The van der Waals surface area contributed by atoms with Crippen LogP contribution >= 0.6 is 15.9 Å². The fraction of sp³-hybridized carbons (Fsp3) is 0.600. The third-order valence-corrected chi connectivity index (χ3v) is 4.29. The number of anilines is 1. The van der Waals surface area contributed by atoms with Gasteiger partial charge >= 0.3 is 0 Å². The van der Waals surface area contributed by atoms with E-state index in [0.29, 0.717) is 0 Å². The number of halogens is 1. The second-order valence-corrected chi connectivity index (χ2v) is 6.17. The van der Waals surface area contributed by atoms with Crippen molar-refractivity contribution in [1.29, 1.82) is 0 Å². The van der Waals surface area contributed by atoms with Gasteiger partial charge in [-0.15, -0.1) is 0 Å². The van der Waals surface area contributed by atoms with Crippen molar-refractivity contribution in [3.05, 3.63) is 28.2 Å². The Balaban J connectivity index is 1.85. The summed E-state index contributed by atoms with van der Waals surface area (Å²) in [6.07, 6.45) is 2.37. The second kappa shape index (κ2) is 7.27. The Bertz CT molecular complexity index is 400. The molecular formula is C15H24BrN3. The van der Waals surface area contributed by atoms with Crippen molar-refractivity contribution < 1.29 is 0 Å². The number of unbranched alkanes of at least 4 members (excludes halogenated alkanes) is 1. The molecule has 3 nitrogen and oxygen atoms in total. The van der Waals surface area contributed by atoms with Gasteiger partial charge in [0.1, 0.15) is 0 Å². The molecule has 0 aromatic heterocycles. The summed E-state index contributed by atoms with van der Waals surface area (Å²) >= 11 is 3.53. The molecule has 1 aliphatic rings. The monoisotopic (exact) mass is 325 g/mol. The molecule has 2 rings (SSSR count). The van der Waals surface area contributed by atoms with E-state index in [2.05, 4.69) is 50.9 Å². The SMILES string of the molecule is Cc1cc(Br)ccc1N1CCN(CCCCN)CC1. The lowest BCUT2D eigenvalue weighted by atomic mass is 10.1. The van der Waals surface area contributed by atoms with E-state index < -0.39 is 0 Å².